The molecule has 4 N–H and O–H groups in total. The Bertz CT molecular complexity index is 297. The first-order chi connectivity index (χ1) is 8.45. The molecule has 1 amide bonds. The lowest BCUT2D eigenvalue weighted by Crippen LogP contribution is -2.44. The minimum Gasteiger partial charge on any atom is -0.481 e. The lowest BCUT2D eigenvalue weighted by atomic mass is 9.85. The summed E-state index contributed by atoms with van der Waals surface area (Å²) < 4.78 is 0. The topological polar surface area (TPSA) is 92.4 Å². The second kappa shape index (κ2) is 6.73. The Labute approximate surface area is 108 Å². The van der Waals surface area contributed by atoms with E-state index in [0.717, 1.165) is 12.8 Å². The largest absolute Gasteiger partial charge is 0.481 e. The molecule has 104 valence electrons. The molecule has 0 radical (unpaired) electrons. The quantitative estimate of drug-likeness (QED) is 0.683. The average Bonchev–Trinajstić information content (AvgIpc) is 2.29. The number of carbonyl (C=O) groups excluding carboxylic acids is 1. The van der Waals surface area contributed by atoms with Crippen molar-refractivity contribution in [3.63, 3.8) is 0 Å². The summed E-state index contributed by atoms with van der Waals surface area (Å²) in [4.78, 5) is 22.8. The predicted molar refractivity (Wildman–Crippen MR) is 68.9 cm³/mol. The zero-order valence-corrected chi connectivity index (χ0v) is 11.2. The fourth-order valence-electron chi connectivity index (χ4n) is 2.47. The Morgan fingerprint density at radius 2 is 1.83 bits per heavy atom. The number of nitrogens with two attached hydrogens (primary N) is 1. The van der Waals surface area contributed by atoms with E-state index in [2.05, 4.69) is 5.32 Å². The summed E-state index contributed by atoms with van der Waals surface area (Å²) in [6.07, 6.45) is 2.79. The molecular formula is C13H24N2O3. The number of hydrogen-bond donors (Lipinski definition) is 3. The summed E-state index contributed by atoms with van der Waals surface area (Å²) in [5.41, 5.74) is 5.60. The lowest BCUT2D eigenvalue weighted by Gasteiger charge is -2.29. The molecule has 0 aromatic rings. The zero-order valence-electron chi connectivity index (χ0n) is 11.2. The van der Waals surface area contributed by atoms with Crippen LogP contribution in [0.4, 0.5) is 0 Å². The number of carboxylic acid groups (broad SMARTS) is 1. The van der Waals surface area contributed by atoms with E-state index in [4.69, 9.17) is 10.8 Å². The van der Waals surface area contributed by atoms with Gasteiger partial charge in [-0.05, 0) is 31.6 Å². The van der Waals surface area contributed by atoms with Crippen molar-refractivity contribution >= 4 is 11.9 Å². The van der Waals surface area contributed by atoms with Crippen molar-refractivity contribution in [2.45, 2.75) is 45.6 Å². The fraction of sp³-hybridized carbons (Fsp3) is 0.846. The van der Waals surface area contributed by atoms with E-state index in [9.17, 15) is 9.59 Å². The maximum absolute atomic E-state index is 12.0. The lowest BCUT2D eigenvalue weighted by molar-refractivity contribution is -0.142. The maximum Gasteiger partial charge on any atom is 0.306 e. The van der Waals surface area contributed by atoms with Crippen LogP contribution in [-0.2, 0) is 9.59 Å². The van der Waals surface area contributed by atoms with Gasteiger partial charge in [-0.3, -0.25) is 9.59 Å². The summed E-state index contributed by atoms with van der Waals surface area (Å²) in [7, 11) is 0. The van der Waals surface area contributed by atoms with Gasteiger partial charge < -0.3 is 16.2 Å². The molecule has 0 heterocycles. The van der Waals surface area contributed by atoms with Gasteiger partial charge in [0.25, 0.3) is 0 Å². The molecule has 0 spiro atoms. The molecule has 5 nitrogen and oxygen atoms in total. The first kappa shape index (κ1) is 15.0. The van der Waals surface area contributed by atoms with E-state index in [1.54, 1.807) is 0 Å². The normalized spacial score (nSPS) is 25.8. The van der Waals surface area contributed by atoms with Crippen molar-refractivity contribution in [2.24, 2.45) is 23.5 Å². The number of nitrogens with one attached hydrogen (secondary N) is 1. The van der Waals surface area contributed by atoms with Crippen LogP contribution in [0.15, 0.2) is 0 Å². The molecular weight excluding hydrogens is 232 g/mol. The Kier molecular flexibility index (Phi) is 5.59. The van der Waals surface area contributed by atoms with Gasteiger partial charge in [0.1, 0.15) is 0 Å². The molecule has 1 aliphatic rings. The molecule has 5 heteroatoms. The second-order valence-electron chi connectivity index (χ2n) is 5.48. The van der Waals surface area contributed by atoms with Gasteiger partial charge in [-0.15, -0.1) is 0 Å². The number of amides is 1. The van der Waals surface area contributed by atoms with E-state index in [0.29, 0.717) is 19.4 Å². The molecule has 1 atom stereocenters. The van der Waals surface area contributed by atoms with Gasteiger partial charge in [-0.25, -0.2) is 0 Å². The monoisotopic (exact) mass is 256 g/mol. The third kappa shape index (κ3) is 3.98. The molecule has 1 unspecified atom stereocenters. The number of carbonyl (C=O) groups is 2. The van der Waals surface area contributed by atoms with Gasteiger partial charge in [0.05, 0.1) is 11.8 Å². The summed E-state index contributed by atoms with van der Waals surface area (Å²) in [5, 5.41) is 11.9. The highest BCUT2D eigenvalue weighted by Crippen LogP contribution is 2.24. The van der Waals surface area contributed by atoms with Crippen LogP contribution in [0, 0.1) is 17.8 Å². The Balaban J connectivity index is 2.41. The summed E-state index contributed by atoms with van der Waals surface area (Å²) >= 11 is 0. The van der Waals surface area contributed by atoms with Crippen molar-refractivity contribution in [2.75, 3.05) is 6.54 Å². The molecule has 0 aliphatic heterocycles. The first-order valence-corrected chi connectivity index (χ1v) is 6.69. The SMILES string of the molecule is CC(C)C(CN)C(=O)NC1CCC(C(=O)O)CC1. The molecule has 0 aromatic carbocycles. The van der Waals surface area contributed by atoms with Gasteiger partial charge >= 0.3 is 5.97 Å². The Morgan fingerprint density at radius 1 is 1.28 bits per heavy atom. The standard InChI is InChI=1S/C13H24N2O3/c1-8(2)11(7-14)12(16)15-10-5-3-9(4-6-10)13(17)18/h8-11H,3-7,14H2,1-2H3,(H,15,16)(H,17,18). The van der Waals surface area contributed by atoms with Gasteiger partial charge in [0, 0.05) is 12.6 Å². The minimum atomic E-state index is -0.721. The van der Waals surface area contributed by atoms with Crippen molar-refractivity contribution in [3.05, 3.63) is 0 Å². The highest BCUT2D eigenvalue weighted by atomic mass is 16.4. The van der Waals surface area contributed by atoms with Crippen molar-refractivity contribution < 1.29 is 14.7 Å². The average molecular weight is 256 g/mol. The summed E-state index contributed by atoms with van der Waals surface area (Å²) in [5.74, 6) is -0.880. The summed E-state index contributed by atoms with van der Waals surface area (Å²) in [6, 6.07) is 0.112. The highest BCUT2D eigenvalue weighted by molar-refractivity contribution is 5.79. The van der Waals surface area contributed by atoms with Crippen LogP contribution in [0.5, 0.6) is 0 Å². The maximum atomic E-state index is 12.0. The highest BCUT2D eigenvalue weighted by Gasteiger charge is 2.28. The van der Waals surface area contributed by atoms with Gasteiger partial charge in [0.2, 0.25) is 5.91 Å². The van der Waals surface area contributed by atoms with E-state index in [-0.39, 0.29) is 29.7 Å². The van der Waals surface area contributed by atoms with Crippen LogP contribution in [0.3, 0.4) is 0 Å². The number of aliphatic carboxylic acids is 1. The number of rotatable bonds is 5. The van der Waals surface area contributed by atoms with E-state index < -0.39 is 5.97 Å². The third-order valence-corrected chi connectivity index (χ3v) is 3.82. The minimum absolute atomic E-state index is 0.00581. The molecule has 1 fully saturated rings. The number of hydrogen-bond acceptors (Lipinski definition) is 3. The predicted octanol–water partition coefficient (Wildman–Crippen LogP) is 0.977. The smallest absolute Gasteiger partial charge is 0.306 e. The zero-order chi connectivity index (χ0) is 13.7. The summed E-state index contributed by atoms with van der Waals surface area (Å²) in [6.45, 7) is 4.32. The molecule has 0 bridgehead atoms. The van der Waals surface area contributed by atoms with E-state index in [1.807, 2.05) is 13.8 Å². The van der Waals surface area contributed by atoms with Gasteiger partial charge in [-0.1, -0.05) is 13.8 Å². The molecule has 18 heavy (non-hydrogen) atoms. The van der Waals surface area contributed by atoms with Crippen LogP contribution in [0.25, 0.3) is 0 Å². The van der Waals surface area contributed by atoms with Crippen molar-refractivity contribution in [1.82, 2.24) is 5.32 Å². The van der Waals surface area contributed by atoms with Crippen molar-refractivity contribution in [1.29, 1.82) is 0 Å². The van der Waals surface area contributed by atoms with Crippen LogP contribution < -0.4 is 11.1 Å². The van der Waals surface area contributed by atoms with Crippen LogP contribution in [0.2, 0.25) is 0 Å². The molecule has 1 rings (SSSR count). The molecule has 0 aromatic heterocycles. The Hall–Kier alpha value is -1.10. The molecule has 1 aliphatic carbocycles. The first-order valence-electron chi connectivity index (χ1n) is 6.69. The van der Waals surface area contributed by atoms with Gasteiger partial charge in [-0.2, -0.15) is 0 Å². The number of carboxylic acids is 1. The second-order valence-corrected chi connectivity index (χ2v) is 5.48. The van der Waals surface area contributed by atoms with Gasteiger partial charge in [0.15, 0.2) is 0 Å². The van der Waals surface area contributed by atoms with Crippen LogP contribution in [-0.4, -0.2) is 29.6 Å². The Morgan fingerprint density at radius 3 is 2.22 bits per heavy atom. The van der Waals surface area contributed by atoms with Crippen LogP contribution >= 0.6 is 0 Å². The van der Waals surface area contributed by atoms with E-state index in [1.165, 1.54) is 0 Å². The fourth-order valence-corrected chi connectivity index (χ4v) is 2.47. The third-order valence-electron chi connectivity index (χ3n) is 3.82. The van der Waals surface area contributed by atoms with E-state index >= 15 is 0 Å². The molecule has 0 saturated heterocycles. The van der Waals surface area contributed by atoms with Crippen LogP contribution in [0.1, 0.15) is 39.5 Å². The molecule has 1 saturated carbocycles. The van der Waals surface area contributed by atoms with Crippen molar-refractivity contribution in [3.8, 4) is 0 Å².